The van der Waals surface area contributed by atoms with Crippen LogP contribution in [0.4, 0.5) is 0 Å². The Balaban J connectivity index is 2.44. The monoisotopic (exact) mass is 242 g/mol. The Morgan fingerprint density at radius 3 is 2.47 bits per heavy atom. The minimum Gasteiger partial charge on any atom is -0.377 e. The van der Waals surface area contributed by atoms with E-state index in [9.17, 15) is 9.59 Å². The summed E-state index contributed by atoms with van der Waals surface area (Å²) in [6.07, 6.45) is 1.48. The van der Waals surface area contributed by atoms with E-state index in [1.807, 2.05) is 13.8 Å². The number of carbonyl (C=O) groups excluding carboxylic acids is 2. The number of nitrogens with zero attached hydrogens (tertiary/aromatic N) is 1. The fourth-order valence-corrected chi connectivity index (χ4v) is 2.06. The van der Waals surface area contributed by atoms with Crippen LogP contribution in [0.1, 0.15) is 33.1 Å². The number of rotatable bonds is 6. The van der Waals surface area contributed by atoms with Crippen molar-refractivity contribution < 1.29 is 14.3 Å². The second-order valence-electron chi connectivity index (χ2n) is 4.55. The van der Waals surface area contributed by atoms with Gasteiger partial charge in [-0.1, -0.05) is 6.92 Å². The van der Waals surface area contributed by atoms with Crippen LogP contribution in [0, 0.1) is 5.92 Å². The summed E-state index contributed by atoms with van der Waals surface area (Å²) in [5, 5.41) is 0. The zero-order chi connectivity index (χ0) is 12.8. The van der Waals surface area contributed by atoms with E-state index in [0.717, 1.165) is 0 Å². The Morgan fingerprint density at radius 2 is 2.00 bits per heavy atom. The predicted molar refractivity (Wildman–Crippen MR) is 64.2 cm³/mol. The lowest BCUT2D eigenvalue weighted by Crippen LogP contribution is -2.44. The van der Waals surface area contributed by atoms with E-state index in [2.05, 4.69) is 0 Å². The van der Waals surface area contributed by atoms with Gasteiger partial charge in [0, 0.05) is 32.5 Å². The third-order valence-corrected chi connectivity index (χ3v) is 2.99. The molecule has 1 aliphatic heterocycles. The van der Waals surface area contributed by atoms with Gasteiger partial charge < -0.3 is 10.5 Å². The van der Waals surface area contributed by atoms with Gasteiger partial charge in [0.2, 0.25) is 11.8 Å². The van der Waals surface area contributed by atoms with Gasteiger partial charge in [0.05, 0.1) is 6.10 Å². The fourth-order valence-electron chi connectivity index (χ4n) is 2.06. The van der Waals surface area contributed by atoms with E-state index in [-0.39, 0.29) is 23.8 Å². The lowest BCUT2D eigenvalue weighted by atomic mass is 9.97. The molecule has 1 unspecified atom stereocenters. The normalized spacial score (nSPS) is 19.8. The molecule has 0 saturated carbocycles. The number of likely N-dealkylation sites (tertiary alicyclic amines) is 1. The van der Waals surface area contributed by atoms with Crippen molar-refractivity contribution >= 4 is 11.8 Å². The molecule has 5 heteroatoms. The van der Waals surface area contributed by atoms with Crippen LogP contribution < -0.4 is 5.73 Å². The Bertz CT molecular complexity index is 263. The molecule has 1 aliphatic rings. The van der Waals surface area contributed by atoms with Crippen molar-refractivity contribution in [2.24, 2.45) is 11.7 Å². The van der Waals surface area contributed by atoms with Crippen molar-refractivity contribution in [2.75, 3.05) is 19.7 Å². The number of nitrogens with two attached hydrogens (primary N) is 1. The molecule has 0 bridgehead atoms. The zero-order valence-electron chi connectivity index (χ0n) is 10.6. The first kappa shape index (κ1) is 14.1. The molecule has 0 spiro atoms. The molecule has 0 aromatic rings. The SMILES string of the molecule is CCOC(CN)CCN1C(=O)CC(C)CC1=O. The van der Waals surface area contributed by atoms with E-state index in [4.69, 9.17) is 10.5 Å². The molecule has 1 rings (SSSR count). The third-order valence-electron chi connectivity index (χ3n) is 2.99. The maximum Gasteiger partial charge on any atom is 0.229 e. The largest absolute Gasteiger partial charge is 0.377 e. The van der Waals surface area contributed by atoms with Gasteiger partial charge >= 0.3 is 0 Å². The van der Waals surface area contributed by atoms with Crippen LogP contribution in [-0.2, 0) is 14.3 Å². The number of amides is 2. The zero-order valence-corrected chi connectivity index (χ0v) is 10.6. The highest BCUT2D eigenvalue weighted by molar-refractivity contribution is 5.97. The van der Waals surface area contributed by atoms with Crippen molar-refractivity contribution in [1.29, 1.82) is 0 Å². The first-order chi connectivity index (χ1) is 8.08. The summed E-state index contributed by atoms with van der Waals surface area (Å²) in [5.74, 6) is 0.0329. The maximum absolute atomic E-state index is 11.7. The van der Waals surface area contributed by atoms with Crippen molar-refractivity contribution in [3.05, 3.63) is 0 Å². The summed E-state index contributed by atoms with van der Waals surface area (Å²) < 4.78 is 5.40. The van der Waals surface area contributed by atoms with E-state index >= 15 is 0 Å². The van der Waals surface area contributed by atoms with Crippen LogP contribution in [0.2, 0.25) is 0 Å². The Hall–Kier alpha value is -0.940. The van der Waals surface area contributed by atoms with E-state index in [0.29, 0.717) is 39.0 Å². The van der Waals surface area contributed by atoms with E-state index in [1.54, 1.807) is 0 Å². The smallest absolute Gasteiger partial charge is 0.229 e. The topological polar surface area (TPSA) is 72.6 Å². The number of imide groups is 1. The predicted octanol–water partition coefficient (Wildman–Crippen LogP) is 0.525. The van der Waals surface area contributed by atoms with Gasteiger partial charge in [0.1, 0.15) is 0 Å². The van der Waals surface area contributed by atoms with Gasteiger partial charge in [0.25, 0.3) is 0 Å². The van der Waals surface area contributed by atoms with Gasteiger partial charge in [0.15, 0.2) is 0 Å². The van der Waals surface area contributed by atoms with Crippen LogP contribution in [0.5, 0.6) is 0 Å². The molecule has 5 nitrogen and oxygen atoms in total. The summed E-state index contributed by atoms with van der Waals surface area (Å²) in [7, 11) is 0. The number of carbonyl (C=O) groups is 2. The molecule has 17 heavy (non-hydrogen) atoms. The van der Waals surface area contributed by atoms with Crippen molar-refractivity contribution in [3.63, 3.8) is 0 Å². The molecule has 0 radical (unpaired) electrons. The molecule has 1 saturated heterocycles. The molecule has 1 fully saturated rings. The van der Waals surface area contributed by atoms with Gasteiger partial charge in [-0.2, -0.15) is 0 Å². The molecule has 1 heterocycles. The van der Waals surface area contributed by atoms with Crippen LogP contribution in [0.3, 0.4) is 0 Å². The summed E-state index contributed by atoms with van der Waals surface area (Å²) >= 11 is 0. The fraction of sp³-hybridized carbons (Fsp3) is 0.833. The average Bonchev–Trinajstić information content (AvgIpc) is 2.26. The van der Waals surface area contributed by atoms with Crippen LogP contribution >= 0.6 is 0 Å². The first-order valence-corrected chi connectivity index (χ1v) is 6.23. The molecular formula is C12H22N2O3. The molecule has 98 valence electrons. The highest BCUT2D eigenvalue weighted by Gasteiger charge is 2.30. The molecular weight excluding hydrogens is 220 g/mol. The third kappa shape index (κ3) is 4.09. The summed E-state index contributed by atoms with van der Waals surface area (Å²) in [5.41, 5.74) is 5.55. The van der Waals surface area contributed by atoms with Crippen LogP contribution in [0.15, 0.2) is 0 Å². The van der Waals surface area contributed by atoms with Crippen molar-refractivity contribution in [1.82, 2.24) is 4.90 Å². The highest BCUT2D eigenvalue weighted by Crippen LogP contribution is 2.19. The lowest BCUT2D eigenvalue weighted by molar-refractivity contribution is -0.150. The van der Waals surface area contributed by atoms with Gasteiger partial charge in [-0.25, -0.2) is 0 Å². The molecule has 0 aromatic carbocycles. The Labute approximate surface area is 102 Å². The molecule has 2 N–H and O–H groups in total. The Morgan fingerprint density at radius 1 is 1.41 bits per heavy atom. The summed E-state index contributed by atoms with van der Waals surface area (Å²) in [4.78, 5) is 24.8. The minimum atomic E-state index is -0.0695. The number of hydrogen-bond acceptors (Lipinski definition) is 4. The molecule has 0 aliphatic carbocycles. The number of ether oxygens (including phenoxy) is 1. The number of piperidine rings is 1. The molecule has 0 aromatic heterocycles. The van der Waals surface area contributed by atoms with E-state index in [1.165, 1.54) is 4.90 Å². The highest BCUT2D eigenvalue weighted by atomic mass is 16.5. The van der Waals surface area contributed by atoms with Crippen molar-refractivity contribution in [2.45, 2.75) is 39.2 Å². The van der Waals surface area contributed by atoms with E-state index < -0.39 is 0 Å². The molecule has 2 amide bonds. The lowest BCUT2D eigenvalue weighted by Gasteiger charge is -2.29. The summed E-state index contributed by atoms with van der Waals surface area (Å²) in [6.45, 7) is 5.27. The average molecular weight is 242 g/mol. The van der Waals surface area contributed by atoms with Crippen molar-refractivity contribution in [3.8, 4) is 0 Å². The quantitative estimate of drug-likeness (QED) is 0.689. The molecule has 1 atom stereocenters. The first-order valence-electron chi connectivity index (χ1n) is 6.23. The van der Waals surface area contributed by atoms with Crippen LogP contribution in [-0.4, -0.2) is 42.5 Å². The Kier molecular flexibility index (Phi) is 5.58. The van der Waals surface area contributed by atoms with Gasteiger partial charge in [-0.05, 0) is 19.3 Å². The maximum atomic E-state index is 11.7. The second kappa shape index (κ2) is 6.71. The van der Waals surface area contributed by atoms with Gasteiger partial charge in [-0.15, -0.1) is 0 Å². The summed E-state index contributed by atoms with van der Waals surface area (Å²) in [6, 6.07) is 0. The second-order valence-corrected chi connectivity index (χ2v) is 4.55. The standard InChI is InChI=1S/C12H22N2O3/c1-3-17-10(8-13)4-5-14-11(15)6-9(2)7-12(14)16/h9-10H,3-8,13H2,1-2H3. The van der Waals surface area contributed by atoms with Gasteiger partial charge in [-0.3, -0.25) is 14.5 Å². The van der Waals surface area contributed by atoms with Crippen LogP contribution in [0.25, 0.3) is 0 Å². The number of hydrogen-bond donors (Lipinski definition) is 1. The minimum absolute atomic E-state index is 0.0685.